The first-order valence-corrected chi connectivity index (χ1v) is 7.86. The molecule has 2 saturated carbocycles. The molecule has 0 radical (unpaired) electrons. The Kier molecular flexibility index (Phi) is 3.05. The van der Waals surface area contributed by atoms with Crippen LogP contribution in [0.4, 0.5) is 5.69 Å². The SMILES string of the molecule is C=C1C(C)(C)[C@H]2CC[C@]1(C(=O)Nc1ccc(C)c(C)c1)C2. The van der Waals surface area contributed by atoms with E-state index in [9.17, 15) is 4.79 Å². The molecule has 21 heavy (non-hydrogen) atoms. The number of rotatable bonds is 2. The predicted molar refractivity (Wildman–Crippen MR) is 87.2 cm³/mol. The molecule has 112 valence electrons. The zero-order valence-corrected chi connectivity index (χ0v) is 13.5. The summed E-state index contributed by atoms with van der Waals surface area (Å²) in [5.41, 5.74) is 4.25. The van der Waals surface area contributed by atoms with Crippen molar-refractivity contribution in [1.29, 1.82) is 0 Å². The van der Waals surface area contributed by atoms with Gasteiger partial charge >= 0.3 is 0 Å². The Balaban J connectivity index is 1.86. The van der Waals surface area contributed by atoms with E-state index in [2.05, 4.69) is 51.7 Å². The molecule has 0 heterocycles. The van der Waals surface area contributed by atoms with Gasteiger partial charge in [-0.15, -0.1) is 0 Å². The van der Waals surface area contributed by atoms with Gasteiger partial charge in [0.2, 0.25) is 5.91 Å². The Morgan fingerprint density at radius 1 is 1.29 bits per heavy atom. The molecule has 2 heteroatoms. The molecule has 2 bridgehead atoms. The number of carbonyl (C=O) groups is 1. The number of amides is 1. The van der Waals surface area contributed by atoms with Gasteiger partial charge in [0.25, 0.3) is 0 Å². The standard InChI is InChI=1S/C19H25NO/c1-12-6-7-16(10-13(12)2)20-17(21)19-9-8-15(11-19)18(4,5)14(19)3/h6-7,10,15H,3,8-9,11H2,1-2,4-5H3,(H,20,21)/t15-,19-/m0/s1. The maximum Gasteiger partial charge on any atom is 0.234 e. The lowest BCUT2D eigenvalue weighted by molar-refractivity contribution is -0.123. The van der Waals surface area contributed by atoms with Crippen LogP contribution in [0, 0.1) is 30.6 Å². The highest BCUT2D eigenvalue weighted by atomic mass is 16.2. The number of carbonyl (C=O) groups excluding carboxylic acids is 1. The summed E-state index contributed by atoms with van der Waals surface area (Å²) < 4.78 is 0. The maximum absolute atomic E-state index is 12.9. The number of benzene rings is 1. The monoisotopic (exact) mass is 283 g/mol. The minimum Gasteiger partial charge on any atom is -0.325 e. The molecule has 2 aliphatic rings. The minimum absolute atomic E-state index is 0.0960. The summed E-state index contributed by atoms with van der Waals surface area (Å²) >= 11 is 0. The fourth-order valence-corrected chi connectivity index (χ4v) is 4.21. The molecule has 1 N–H and O–H groups in total. The van der Waals surface area contributed by atoms with E-state index in [-0.39, 0.29) is 16.7 Å². The van der Waals surface area contributed by atoms with Crippen molar-refractivity contribution in [1.82, 2.24) is 0 Å². The minimum atomic E-state index is -0.340. The molecular weight excluding hydrogens is 258 g/mol. The molecule has 1 amide bonds. The molecule has 0 spiro atoms. The molecular formula is C19H25NO. The van der Waals surface area contributed by atoms with Crippen LogP contribution in [0.3, 0.4) is 0 Å². The first-order valence-electron chi connectivity index (χ1n) is 7.86. The van der Waals surface area contributed by atoms with Gasteiger partial charge in [0.15, 0.2) is 0 Å². The lowest BCUT2D eigenvalue weighted by atomic mass is 9.68. The second kappa shape index (κ2) is 4.46. The van der Waals surface area contributed by atoms with Crippen LogP contribution in [0.1, 0.15) is 44.2 Å². The van der Waals surface area contributed by atoms with E-state index in [1.807, 2.05) is 6.07 Å². The molecule has 3 rings (SSSR count). The van der Waals surface area contributed by atoms with E-state index in [0.29, 0.717) is 5.92 Å². The summed E-state index contributed by atoms with van der Waals surface area (Å²) in [6.45, 7) is 12.9. The van der Waals surface area contributed by atoms with Gasteiger partial charge in [-0.1, -0.05) is 32.1 Å². The molecule has 0 aliphatic heterocycles. The molecule has 0 unspecified atom stereocenters. The van der Waals surface area contributed by atoms with Crippen molar-refractivity contribution in [3.63, 3.8) is 0 Å². The second-order valence-electron chi connectivity index (χ2n) is 7.48. The average molecular weight is 283 g/mol. The maximum atomic E-state index is 12.9. The summed E-state index contributed by atoms with van der Waals surface area (Å²) in [6, 6.07) is 6.11. The van der Waals surface area contributed by atoms with Crippen LogP contribution < -0.4 is 5.32 Å². The van der Waals surface area contributed by atoms with E-state index in [1.54, 1.807) is 0 Å². The molecule has 1 aromatic rings. The summed E-state index contributed by atoms with van der Waals surface area (Å²) in [7, 11) is 0. The van der Waals surface area contributed by atoms with Gasteiger partial charge in [-0.2, -0.15) is 0 Å². The van der Waals surface area contributed by atoms with Crippen molar-refractivity contribution in [2.45, 2.75) is 47.0 Å². The van der Waals surface area contributed by atoms with Crippen LogP contribution in [0.25, 0.3) is 0 Å². The largest absolute Gasteiger partial charge is 0.325 e. The van der Waals surface area contributed by atoms with Crippen molar-refractivity contribution in [2.24, 2.45) is 16.7 Å². The predicted octanol–water partition coefficient (Wildman–Crippen LogP) is 4.62. The van der Waals surface area contributed by atoms with Crippen LogP contribution in [0.5, 0.6) is 0 Å². The number of fused-ring (bicyclic) bond motifs is 2. The first-order chi connectivity index (χ1) is 9.77. The molecule has 2 nitrogen and oxygen atoms in total. The van der Waals surface area contributed by atoms with E-state index in [4.69, 9.17) is 0 Å². The molecule has 0 saturated heterocycles. The van der Waals surface area contributed by atoms with E-state index in [0.717, 1.165) is 30.5 Å². The van der Waals surface area contributed by atoms with Gasteiger partial charge in [0, 0.05) is 5.69 Å². The van der Waals surface area contributed by atoms with Gasteiger partial charge < -0.3 is 5.32 Å². The van der Waals surface area contributed by atoms with E-state index in [1.165, 1.54) is 11.1 Å². The normalized spacial score (nSPS) is 29.7. The third-order valence-corrected chi connectivity index (χ3v) is 6.09. The highest BCUT2D eigenvalue weighted by molar-refractivity contribution is 5.98. The Morgan fingerprint density at radius 3 is 2.57 bits per heavy atom. The summed E-state index contributed by atoms with van der Waals surface area (Å²) in [5, 5.41) is 3.14. The van der Waals surface area contributed by atoms with Crippen molar-refractivity contribution in [2.75, 3.05) is 5.32 Å². The lowest BCUT2D eigenvalue weighted by Crippen LogP contribution is -2.37. The number of hydrogen-bond donors (Lipinski definition) is 1. The smallest absolute Gasteiger partial charge is 0.234 e. The van der Waals surface area contributed by atoms with Crippen LogP contribution >= 0.6 is 0 Å². The quantitative estimate of drug-likeness (QED) is 0.788. The van der Waals surface area contributed by atoms with Crippen molar-refractivity contribution in [3.05, 3.63) is 41.5 Å². The third kappa shape index (κ3) is 1.96. The van der Waals surface area contributed by atoms with E-state index >= 15 is 0 Å². The number of aryl methyl sites for hydroxylation is 2. The van der Waals surface area contributed by atoms with Crippen LogP contribution in [-0.2, 0) is 4.79 Å². The van der Waals surface area contributed by atoms with Gasteiger partial charge in [-0.3, -0.25) is 4.79 Å². The Labute approximate surface area is 127 Å². The van der Waals surface area contributed by atoms with Crippen LogP contribution in [0.15, 0.2) is 30.4 Å². The van der Waals surface area contributed by atoms with Crippen molar-refractivity contribution in [3.8, 4) is 0 Å². The van der Waals surface area contributed by atoms with Gasteiger partial charge in [0.1, 0.15) is 0 Å². The molecule has 2 fully saturated rings. The Morgan fingerprint density at radius 2 is 2.00 bits per heavy atom. The third-order valence-electron chi connectivity index (χ3n) is 6.09. The number of hydrogen-bond acceptors (Lipinski definition) is 1. The number of anilines is 1. The van der Waals surface area contributed by atoms with E-state index < -0.39 is 0 Å². The molecule has 2 aliphatic carbocycles. The summed E-state index contributed by atoms with van der Waals surface area (Å²) in [5.74, 6) is 0.749. The lowest BCUT2D eigenvalue weighted by Gasteiger charge is -2.37. The molecule has 0 aromatic heterocycles. The highest BCUT2D eigenvalue weighted by Crippen LogP contribution is 2.65. The van der Waals surface area contributed by atoms with Crippen LogP contribution in [-0.4, -0.2) is 5.91 Å². The number of nitrogens with one attached hydrogen (secondary N) is 1. The van der Waals surface area contributed by atoms with Crippen molar-refractivity contribution < 1.29 is 4.79 Å². The zero-order chi connectivity index (χ0) is 15.4. The fourth-order valence-electron chi connectivity index (χ4n) is 4.21. The van der Waals surface area contributed by atoms with Gasteiger partial charge in [-0.05, 0) is 67.7 Å². The molecule has 2 atom stereocenters. The highest BCUT2D eigenvalue weighted by Gasteiger charge is 2.60. The first kappa shape index (κ1) is 14.4. The van der Waals surface area contributed by atoms with Gasteiger partial charge in [-0.25, -0.2) is 0 Å². The second-order valence-corrected chi connectivity index (χ2v) is 7.48. The molecule has 1 aromatic carbocycles. The van der Waals surface area contributed by atoms with Crippen LogP contribution in [0.2, 0.25) is 0 Å². The zero-order valence-electron chi connectivity index (χ0n) is 13.5. The Bertz CT molecular complexity index is 628. The van der Waals surface area contributed by atoms with Crippen molar-refractivity contribution >= 4 is 11.6 Å². The average Bonchev–Trinajstić information content (AvgIpc) is 2.95. The topological polar surface area (TPSA) is 29.1 Å². The Hall–Kier alpha value is -1.57. The summed E-state index contributed by atoms with van der Waals surface area (Å²) in [4.78, 5) is 12.9. The fraction of sp³-hybridized carbons (Fsp3) is 0.526. The van der Waals surface area contributed by atoms with Gasteiger partial charge in [0.05, 0.1) is 5.41 Å². The summed E-state index contributed by atoms with van der Waals surface area (Å²) in [6.07, 6.45) is 3.07.